The lowest BCUT2D eigenvalue weighted by Gasteiger charge is -2.25. The molecule has 1 N–H and O–H groups in total. The number of nitrogens with one attached hydrogen (secondary N) is 1. The van der Waals surface area contributed by atoms with E-state index in [1.54, 1.807) is 20.4 Å². The summed E-state index contributed by atoms with van der Waals surface area (Å²) in [5.74, 6) is 1.44. The van der Waals surface area contributed by atoms with Crippen molar-refractivity contribution in [3.8, 4) is 11.6 Å². The summed E-state index contributed by atoms with van der Waals surface area (Å²) < 4.78 is 10.6. The SMILES string of the molecule is CNC(C)(C)Cc1c(OC)ccnc1OC. The van der Waals surface area contributed by atoms with Crippen LogP contribution in [0.1, 0.15) is 19.4 Å². The first-order valence-corrected chi connectivity index (χ1v) is 5.29. The zero-order valence-corrected chi connectivity index (χ0v) is 10.6. The third-order valence-electron chi connectivity index (χ3n) is 2.68. The molecule has 0 aromatic carbocycles. The van der Waals surface area contributed by atoms with Gasteiger partial charge in [0, 0.05) is 11.7 Å². The number of hydrogen-bond donors (Lipinski definition) is 1. The highest BCUT2D eigenvalue weighted by atomic mass is 16.5. The second-order valence-corrected chi connectivity index (χ2v) is 4.31. The van der Waals surface area contributed by atoms with Crippen molar-refractivity contribution in [1.29, 1.82) is 0 Å². The van der Waals surface area contributed by atoms with E-state index in [4.69, 9.17) is 9.47 Å². The van der Waals surface area contributed by atoms with Crippen molar-refractivity contribution in [3.63, 3.8) is 0 Å². The summed E-state index contributed by atoms with van der Waals surface area (Å²) in [6, 6.07) is 1.85. The van der Waals surface area contributed by atoms with Crippen LogP contribution in [-0.2, 0) is 6.42 Å². The first-order valence-electron chi connectivity index (χ1n) is 5.29. The molecule has 0 amide bonds. The highest BCUT2D eigenvalue weighted by Crippen LogP contribution is 2.29. The van der Waals surface area contributed by atoms with Crippen LogP contribution in [-0.4, -0.2) is 31.8 Å². The van der Waals surface area contributed by atoms with Gasteiger partial charge >= 0.3 is 0 Å². The minimum atomic E-state index is -0.0242. The summed E-state index contributed by atoms with van der Waals surface area (Å²) in [4.78, 5) is 4.19. The van der Waals surface area contributed by atoms with Gasteiger partial charge in [0.2, 0.25) is 5.88 Å². The predicted molar refractivity (Wildman–Crippen MR) is 64.2 cm³/mol. The molecule has 0 saturated carbocycles. The number of hydrogen-bond acceptors (Lipinski definition) is 4. The lowest BCUT2D eigenvalue weighted by atomic mass is 9.95. The highest BCUT2D eigenvalue weighted by molar-refractivity contribution is 5.40. The molecule has 0 saturated heterocycles. The molecule has 0 radical (unpaired) electrons. The molecule has 4 nitrogen and oxygen atoms in total. The maximum atomic E-state index is 5.33. The minimum absolute atomic E-state index is 0.0242. The molecule has 0 aliphatic carbocycles. The van der Waals surface area contributed by atoms with Crippen LogP contribution in [0.5, 0.6) is 11.6 Å². The molecule has 16 heavy (non-hydrogen) atoms. The molecule has 4 heteroatoms. The van der Waals surface area contributed by atoms with Gasteiger partial charge in [0.15, 0.2) is 0 Å². The maximum Gasteiger partial charge on any atom is 0.220 e. The Hall–Kier alpha value is -1.29. The Morgan fingerprint density at radius 2 is 2.00 bits per heavy atom. The maximum absolute atomic E-state index is 5.33. The van der Waals surface area contributed by atoms with E-state index < -0.39 is 0 Å². The third kappa shape index (κ3) is 2.85. The molecular formula is C12H20N2O2. The van der Waals surface area contributed by atoms with Gasteiger partial charge in [-0.05, 0) is 33.4 Å². The van der Waals surface area contributed by atoms with E-state index in [2.05, 4.69) is 24.1 Å². The summed E-state index contributed by atoms with van der Waals surface area (Å²) in [6.45, 7) is 4.25. The van der Waals surface area contributed by atoms with Crippen LogP contribution in [0, 0.1) is 0 Å². The largest absolute Gasteiger partial charge is 0.496 e. The smallest absolute Gasteiger partial charge is 0.220 e. The molecule has 0 aliphatic heterocycles. The molecule has 0 aliphatic rings. The van der Waals surface area contributed by atoms with Gasteiger partial charge in [-0.3, -0.25) is 0 Å². The first-order chi connectivity index (χ1) is 7.54. The molecule has 0 fully saturated rings. The Morgan fingerprint density at radius 1 is 1.31 bits per heavy atom. The predicted octanol–water partition coefficient (Wildman–Crippen LogP) is 1.64. The van der Waals surface area contributed by atoms with Gasteiger partial charge in [-0.2, -0.15) is 0 Å². The van der Waals surface area contributed by atoms with Crippen molar-refractivity contribution < 1.29 is 9.47 Å². The molecule has 1 aromatic heterocycles. The van der Waals surface area contributed by atoms with E-state index in [0.717, 1.165) is 17.7 Å². The van der Waals surface area contributed by atoms with Crippen LogP contribution in [0.4, 0.5) is 0 Å². The van der Waals surface area contributed by atoms with Gasteiger partial charge in [0.25, 0.3) is 0 Å². The number of nitrogens with zero attached hydrogens (tertiary/aromatic N) is 1. The van der Waals surface area contributed by atoms with E-state index in [0.29, 0.717) is 5.88 Å². The molecule has 1 aromatic rings. The van der Waals surface area contributed by atoms with Crippen molar-refractivity contribution >= 4 is 0 Å². The molecule has 1 heterocycles. The Balaban J connectivity index is 3.09. The molecular weight excluding hydrogens is 204 g/mol. The van der Waals surface area contributed by atoms with Crippen LogP contribution in [0.2, 0.25) is 0 Å². The van der Waals surface area contributed by atoms with E-state index in [1.807, 2.05) is 13.1 Å². The van der Waals surface area contributed by atoms with Crippen molar-refractivity contribution in [2.24, 2.45) is 0 Å². The molecule has 0 unspecified atom stereocenters. The number of pyridine rings is 1. The summed E-state index contributed by atoms with van der Waals surface area (Å²) >= 11 is 0. The van der Waals surface area contributed by atoms with E-state index in [-0.39, 0.29) is 5.54 Å². The molecule has 0 spiro atoms. The minimum Gasteiger partial charge on any atom is -0.496 e. The fourth-order valence-electron chi connectivity index (χ4n) is 1.52. The van der Waals surface area contributed by atoms with Crippen molar-refractivity contribution in [1.82, 2.24) is 10.3 Å². The average molecular weight is 224 g/mol. The Labute approximate surface area is 97.0 Å². The Morgan fingerprint density at radius 3 is 2.50 bits per heavy atom. The first kappa shape index (κ1) is 12.8. The van der Waals surface area contributed by atoms with Gasteiger partial charge in [0.05, 0.1) is 19.8 Å². The standard InChI is InChI=1S/C12H20N2O2/c1-12(2,13-3)8-9-10(15-4)6-7-14-11(9)16-5/h6-7,13H,8H2,1-5H3. The van der Waals surface area contributed by atoms with Gasteiger partial charge in [0.1, 0.15) is 5.75 Å². The summed E-state index contributed by atoms with van der Waals surface area (Å²) in [5, 5.41) is 3.25. The van der Waals surface area contributed by atoms with Gasteiger partial charge in [-0.25, -0.2) is 4.98 Å². The fourth-order valence-corrected chi connectivity index (χ4v) is 1.52. The molecule has 90 valence electrons. The van der Waals surface area contributed by atoms with E-state index in [9.17, 15) is 0 Å². The number of rotatable bonds is 5. The van der Waals surface area contributed by atoms with Crippen LogP contribution in [0.25, 0.3) is 0 Å². The summed E-state index contributed by atoms with van der Waals surface area (Å²) in [7, 11) is 5.22. The summed E-state index contributed by atoms with van der Waals surface area (Å²) in [6.07, 6.45) is 2.48. The Kier molecular flexibility index (Phi) is 4.12. The third-order valence-corrected chi connectivity index (χ3v) is 2.68. The molecule has 0 atom stereocenters. The molecule has 1 rings (SSSR count). The van der Waals surface area contributed by atoms with Crippen LogP contribution < -0.4 is 14.8 Å². The van der Waals surface area contributed by atoms with Crippen molar-refractivity contribution in [2.45, 2.75) is 25.8 Å². The number of likely N-dealkylation sites (N-methyl/N-ethyl adjacent to an activating group) is 1. The average Bonchev–Trinajstić information content (AvgIpc) is 2.29. The van der Waals surface area contributed by atoms with E-state index >= 15 is 0 Å². The number of ether oxygens (including phenoxy) is 2. The van der Waals surface area contributed by atoms with Gasteiger partial charge < -0.3 is 14.8 Å². The Bertz CT molecular complexity index is 329. The zero-order valence-electron chi connectivity index (χ0n) is 10.6. The summed E-state index contributed by atoms with van der Waals surface area (Å²) in [5.41, 5.74) is 0.968. The van der Waals surface area contributed by atoms with Crippen LogP contribution in [0.15, 0.2) is 12.3 Å². The van der Waals surface area contributed by atoms with Crippen LogP contribution >= 0.6 is 0 Å². The molecule has 0 bridgehead atoms. The number of methoxy groups -OCH3 is 2. The topological polar surface area (TPSA) is 43.4 Å². The lowest BCUT2D eigenvalue weighted by molar-refractivity contribution is 0.353. The van der Waals surface area contributed by atoms with Crippen molar-refractivity contribution in [3.05, 3.63) is 17.8 Å². The number of aromatic nitrogens is 1. The van der Waals surface area contributed by atoms with Crippen molar-refractivity contribution in [2.75, 3.05) is 21.3 Å². The highest BCUT2D eigenvalue weighted by Gasteiger charge is 2.21. The van der Waals surface area contributed by atoms with Crippen LogP contribution in [0.3, 0.4) is 0 Å². The normalized spacial score (nSPS) is 11.3. The fraction of sp³-hybridized carbons (Fsp3) is 0.583. The zero-order chi connectivity index (χ0) is 12.2. The second kappa shape index (κ2) is 5.16. The van der Waals surface area contributed by atoms with E-state index in [1.165, 1.54) is 0 Å². The monoisotopic (exact) mass is 224 g/mol. The van der Waals surface area contributed by atoms with Gasteiger partial charge in [-0.15, -0.1) is 0 Å². The quantitative estimate of drug-likeness (QED) is 0.825. The second-order valence-electron chi connectivity index (χ2n) is 4.31. The van der Waals surface area contributed by atoms with Gasteiger partial charge in [-0.1, -0.05) is 0 Å². The lowest BCUT2D eigenvalue weighted by Crippen LogP contribution is -2.38.